The Morgan fingerprint density at radius 2 is 2.00 bits per heavy atom. The number of hydrogen-bond donors (Lipinski definition) is 1. The zero-order valence-corrected chi connectivity index (χ0v) is 7.44. The molecule has 0 aromatic carbocycles. The van der Waals surface area contributed by atoms with E-state index in [1.807, 2.05) is 0 Å². The van der Waals surface area contributed by atoms with Crippen molar-refractivity contribution in [3.8, 4) is 0 Å². The van der Waals surface area contributed by atoms with Crippen molar-refractivity contribution < 1.29 is 4.84 Å². The number of hydroxylamine groups is 1. The van der Waals surface area contributed by atoms with Gasteiger partial charge in [-0.2, -0.15) is 0 Å². The Hall–Kier alpha value is -0.0800. The van der Waals surface area contributed by atoms with Crippen LogP contribution in [0.15, 0.2) is 0 Å². The minimum Gasteiger partial charge on any atom is -0.305 e. The molecule has 1 fully saturated rings. The summed E-state index contributed by atoms with van der Waals surface area (Å²) in [6, 6.07) is 0. The van der Waals surface area contributed by atoms with Crippen LogP contribution in [0.4, 0.5) is 0 Å². The van der Waals surface area contributed by atoms with E-state index in [1.165, 1.54) is 38.5 Å². The molecule has 1 rings (SSSR count). The third-order valence-electron chi connectivity index (χ3n) is 2.52. The Morgan fingerprint density at radius 3 is 2.64 bits per heavy atom. The first-order chi connectivity index (χ1) is 5.43. The lowest BCUT2D eigenvalue weighted by Crippen LogP contribution is -2.18. The van der Waals surface area contributed by atoms with Crippen molar-refractivity contribution >= 4 is 0 Å². The number of nitrogens with one attached hydrogen (secondary N) is 1. The summed E-state index contributed by atoms with van der Waals surface area (Å²) >= 11 is 0. The molecule has 0 radical (unpaired) electrons. The summed E-state index contributed by atoms with van der Waals surface area (Å²) in [6.07, 6.45) is 8.49. The fourth-order valence-corrected chi connectivity index (χ4v) is 1.84. The Kier molecular flexibility index (Phi) is 4.55. The van der Waals surface area contributed by atoms with Crippen molar-refractivity contribution in [2.24, 2.45) is 5.92 Å². The van der Waals surface area contributed by atoms with Crippen LogP contribution >= 0.6 is 0 Å². The Labute approximate surface area is 69.3 Å². The van der Waals surface area contributed by atoms with Gasteiger partial charge in [0.15, 0.2) is 0 Å². The van der Waals surface area contributed by atoms with E-state index in [1.54, 1.807) is 7.11 Å². The van der Waals surface area contributed by atoms with Gasteiger partial charge in [0.2, 0.25) is 0 Å². The summed E-state index contributed by atoms with van der Waals surface area (Å²) in [4.78, 5) is 4.78. The molecule has 0 spiro atoms. The zero-order valence-electron chi connectivity index (χ0n) is 7.44. The van der Waals surface area contributed by atoms with E-state index in [4.69, 9.17) is 4.84 Å². The molecule has 66 valence electrons. The second-order valence-electron chi connectivity index (χ2n) is 3.39. The zero-order chi connectivity index (χ0) is 7.94. The highest BCUT2D eigenvalue weighted by Gasteiger charge is 2.12. The molecule has 11 heavy (non-hydrogen) atoms. The molecule has 0 bridgehead atoms. The largest absolute Gasteiger partial charge is 0.305 e. The lowest BCUT2D eigenvalue weighted by molar-refractivity contribution is 0.0854. The monoisotopic (exact) mass is 157 g/mol. The van der Waals surface area contributed by atoms with Gasteiger partial charge >= 0.3 is 0 Å². The van der Waals surface area contributed by atoms with Gasteiger partial charge in [-0.15, -0.1) is 0 Å². The third kappa shape index (κ3) is 3.73. The maximum absolute atomic E-state index is 4.78. The van der Waals surface area contributed by atoms with E-state index in [9.17, 15) is 0 Å². The smallest absolute Gasteiger partial charge is 0.0572 e. The van der Waals surface area contributed by atoms with Crippen molar-refractivity contribution in [1.82, 2.24) is 5.48 Å². The summed E-state index contributed by atoms with van der Waals surface area (Å²) in [5.41, 5.74) is 2.90. The summed E-state index contributed by atoms with van der Waals surface area (Å²) in [5.74, 6) is 0.964. The van der Waals surface area contributed by atoms with Crippen LogP contribution in [0, 0.1) is 5.92 Å². The second-order valence-corrected chi connectivity index (χ2v) is 3.39. The molecular weight excluding hydrogens is 138 g/mol. The molecule has 0 unspecified atom stereocenters. The summed E-state index contributed by atoms with van der Waals surface area (Å²) < 4.78 is 0. The van der Waals surface area contributed by atoms with Gasteiger partial charge in [0.1, 0.15) is 0 Å². The lowest BCUT2D eigenvalue weighted by Gasteiger charge is -2.20. The summed E-state index contributed by atoms with van der Waals surface area (Å²) in [7, 11) is 1.68. The lowest BCUT2D eigenvalue weighted by atomic mass is 9.87. The van der Waals surface area contributed by atoms with Crippen LogP contribution in [0.3, 0.4) is 0 Å². The van der Waals surface area contributed by atoms with Gasteiger partial charge in [0.25, 0.3) is 0 Å². The van der Waals surface area contributed by atoms with E-state index in [0.717, 1.165) is 12.5 Å². The fraction of sp³-hybridized carbons (Fsp3) is 1.00. The Bertz CT molecular complexity index is 89.6. The van der Waals surface area contributed by atoms with Crippen LogP contribution in [0.2, 0.25) is 0 Å². The van der Waals surface area contributed by atoms with Crippen LogP contribution in [-0.4, -0.2) is 13.7 Å². The van der Waals surface area contributed by atoms with Crippen LogP contribution in [0.25, 0.3) is 0 Å². The number of hydrogen-bond acceptors (Lipinski definition) is 2. The average molecular weight is 157 g/mol. The van der Waals surface area contributed by atoms with Crippen LogP contribution < -0.4 is 5.48 Å². The molecule has 2 nitrogen and oxygen atoms in total. The van der Waals surface area contributed by atoms with Crippen molar-refractivity contribution in [3.05, 3.63) is 0 Å². The van der Waals surface area contributed by atoms with Crippen LogP contribution in [0.1, 0.15) is 38.5 Å². The molecule has 1 saturated carbocycles. The second kappa shape index (κ2) is 5.56. The van der Waals surface area contributed by atoms with Crippen molar-refractivity contribution in [2.75, 3.05) is 13.7 Å². The quantitative estimate of drug-likeness (QED) is 0.498. The van der Waals surface area contributed by atoms with Gasteiger partial charge in [0.05, 0.1) is 7.11 Å². The van der Waals surface area contributed by atoms with Crippen molar-refractivity contribution in [1.29, 1.82) is 0 Å². The normalized spacial score (nSPS) is 20.5. The molecule has 0 aromatic heterocycles. The topological polar surface area (TPSA) is 21.3 Å². The first kappa shape index (κ1) is 9.01. The minimum atomic E-state index is 0.964. The van der Waals surface area contributed by atoms with E-state index >= 15 is 0 Å². The molecule has 1 aliphatic rings. The molecule has 0 amide bonds. The predicted octanol–water partition coefficient (Wildman–Crippen LogP) is 2.11. The summed E-state index contributed by atoms with van der Waals surface area (Å²) in [6.45, 7) is 1.02. The van der Waals surface area contributed by atoms with Crippen molar-refractivity contribution in [2.45, 2.75) is 38.5 Å². The Balaban J connectivity index is 1.96. The highest BCUT2D eigenvalue weighted by atomic mass is 16.6. The standard InChI is InChI=1S/C9H19NO/c1-11-10-8-7-9-5-3-2-4-6-9/h9-10H,2-8H2,1H3. The maximum atomic E-state index is 4.78. The van der Waals surface area contributed by atoms with E-state index in [2.05, 4.69) is 5.48 Å². The fourth-order valence-electron chi connectivity index (χ4n) is 1.84. The van der Waals surface area contributed by atoms with Gasteiger partial charge in [-0.3, -0.25) is 0 Å². The van der Waals surface area contributed by atoms with E-state index in [0.29, 0.717) is 0 Å². The van der Waals surface area contributed by atoms with E-state index < -0.39 is 0 Å². The molecule has 0 saturated heterocycles. The van der Waals surface area contributed by atoms with E-state index in [-0.39, 0.29) is 0 Å². The molecule has 1 aliphatic carbocycles. The molecule has 2 heteroatoms. The minimum absolute atomic E-state index is 0.964. The molecule has 0 heterocycles. The molecule has 0 aromatic rings. The maximum Gasteiger partial charge on any atom is 0.0572 e. The molecule has 0 atom stereocenters. The summed E-state index contributed by atoms with van der Waals surface area (Å²) in [5, 5.41) is 0. The first-order valence-electron chi connectivity index (χ1n) is 4.69. The Morgan fingerprint density at radius 1 is 1.27 bits per heavy atom. The average Bonchev–Trinajstić information content (AvgIpc) is 2.07. The van der Waals surface area contributed by atoms with Crippen LogP contribution in [0.5, 0.6) is 0 Å². The SMILES string of the molecule is CONCCC1CCCCC1. The first-order valence-corrected chi connectivity index (χ1v) is 4.69. The van der Waals surface area contributed by atoms with Gasteiger partial charge in [-0.1, -0.05) is 32.1 Å². The van der Waals surface area contributed by atoms with Gasteiger partial charge in [-0.25, -0.2) is 5.48 Å². The van der Waals surface area contributed by atoms with Gasteiger partial charge < -0.3 is 4.84 Å². The van der Waals surface area contributed by atoms with Crippen molar-refractivity contribution in [3.63, 3.8) is 0 Å². The molecule has 1 N–H and O–H groups in total. The third-order valence-corrected chi connectivity index (χ3v) is 2.52. The van der Waals surface area contributed by atoms with Crippen LogP contribution in [-0.2, 0) is 4.84 Å². The van der Waals surface area contributed by atoms with Gasteiger partial charge in [-0.05, 0) is 12.3 Å². The molecule has 0 aliphatic heterocycles. The number of rotatable bonds is 4. The van der Waals surface area contributed by atoms with Gasteiger partial charge in [0, 0.05) is 6.54 Å². The molecular formula is C9H19NO. The predicted molar refractivity (Wildman–Crippen MR) is 46.2 cm³/mol. The highest BCUT2D eigenvalue weighted by molar-refractivity contribution is 4.65. The highest BCUT2D eigenvalue weighted by Crippen LogP contribution is 2.25.